The predicted molar refractivity (Wildman–Crippen MR) is 206 cm³/mol. The zero-order valence-electron chi connectivity index (χ0n) is 26.2. The van der Waals surface area contributed by atoms with E-state index in [4.69, 9.17) is 0 Å². The van der Waals surface area contributed by atoms with Crippen LogP contribution >= 0.6 is 14.3 Å². The molecule has 0 fully saturated rings. The van der Waals surface area contributed by atoms with Crippen LogP contribution in [0.5, 0.6) is 0 Å². The number of hydrogen-bond acceptors (Lipinski definition) is 2. The van der Waals surface area contributed by atoms with Crippen molar-refractivity contribution in [1.29, 1.82) is 0 Å². The van der Waals surface area contributed by atoms with E-state index in [2.05, 4.69) is 60.7 Å². The van der Waals surface area contributed by atoms with Crippen molar-refractivity contribution in [1.82, 2.24) is 0 Å². The van der Waals surface area contributed by atoms with Crippen molar-refractivity contribution in [3.63, 3.8) is 0 Å². The number of benzene rings is 8. The normalized spacial score (nSPS) is 11.9. The molecule has 4 heteroatoms. The molecule has 8 rings (SSSR count). The molecule has 0 atom stereocenters. The molecule has 0 saturated heterocycles. The van der Waals surface area contributed by atoms with E-state index in [1.165, 1.54) is 0 Å². The summed E-state index contributed by atoms with van der Waals surface area (Å²) in [6, 6.07) is 64.5. The molecule has 0 unspecified atom stereocenters. The maximum absolute atomic E-state index is 14.9. The Bertz CT molecular complexity index is 2230. The third-order valence-corrected chi connectivity index (χ3v) is 15.3. The number of hydrogen-bond donors (Lipinski definition) is 0. The van der Waals surface area contributed by atoms with E-state index >= 15 is 0 Å². The van der Waals surface area contributed by atoms with E-state index in [0.717, 1.165) is 64.5 Å². The fourth-order valence-corrected chi connectivity index (χ4v) is 12.0. The summed E-state index contributed by atoms with van der Waals surface area (Å²) in [5.41, 5.74) is 2.21. The largest absolute Gasteiger partial charge is 0.309 e. The molecule has 0 saturated carbocycles. The molecule has 0 aliphatic heterocycles. The van der Waals surface area contributed by atoms with Crippen LogP contribution in [0.3, 0.4) is 0 Å². The molecule has 48 heavy (non-hydrogen) atoms. The molecule has 8 aromatic carbocycles. The standard InChI is InChI=1S/C44H32O2P2/c45-47(39-13-5-1-6-14-39,40-15-7-2-8-16-40)43-27-25-35-29-33(21-23-37(35)31-43)34-22-24-38-32-44(28-26-36(38)30-34)48(46,41-17-9-3-10-18-41)42-19-11-4-12-20-42/h1-32H. The van der Waals surface area contributed by atoms with Crippen LogP contribution < -0.4 is 31.8 Å². The van der Waals surface area contributed by atoms with Gasteiger partial charge in [-0.15, -0.1) is 0 Å². The van der Waals surface area contributed by atoms with Gasteiger partial charge in [-0.3, -0.25) is 0 Å². The van der Waals surface area contributed by atoms with Crippen LogP contribution in [-0.2, 0) is 9.13 Å². The maximum Gasteiger partial charge on any atom is 0.171 e. The second-order valence-corrected chi connectivity index (χ2v) is 17.6. The first kappa shape index (κ1) is 30.1. The molecule has 0 amide bonds. The van der Waals surface area contributed by atoms with E-state index in [-0.39, 0.29) is 0 Å². The van der Waals surface area contributed by atoms with E-state index < -0.39 is 14.3 Å². The Kier molecular flexibility index (Phi) is 7.78. The average molecular weight is 655 g/mol. The van der Waals surface area contributed by atoms with Crippen LogP contribution in [0.15, 0.2) is 194 Å². The van der Waals surface area contributed by atoms with Crippen molar-refractivity contribution in [2.24, 2.45) is 0 Å². The van der Waals surface area contributed by atoms with E-state index in [1.54, 1.807) is 0 Å². The van der Waals surface area contributed by atoms with Crippen LogP contribution in [0.2, 0.25) is 0 Å². The van der Waals surface area contributed by atoms with Gasteiger partial charge in [-0.05, 0) is 56.9 Å². The van der Waals surface area contributed by atoms with E-state index in [1.807, 2.05) is 133 Å². The van der Waals surface area contributed by atoms with Crippen molar-refractivity contribution < 1.29 is 9.13 Å². The lowest BCUT2D eigenvalue weighted by Gasteiger charge is -2.20. The maximum atomic E-state index is 14.9. The monoisotopic (exact) mass is 654 g/mol. The van der Waals surface area contributed by atoms with Gasteiger partial charge >= 0.3 is 0 Å². The minimum Gasteiger partial charge on any atom is -0.309 e. The average Bonchev–Trinajstić information content (AvgIpc) is 3.17. The minimum atomic E-state index is -3.05. The Morgan fingerprint density at radius 3 is 0.833 bits per heavy atom. The molecule has 2 nitrogen and oxygen atoms in total. The van der Waals surface area contributed by atoms with Gasteiger partial charge in [0.05, 0.1) is 0 Å². The van der Waals surface area contributed by atoms with Crippen molar-refractivity contribution in [2.75, 3.05) is 0 Å². The molecule has 0 heterocycles. The van der Waals surface area contributed by atoms with Gasteiger partial charge in [-0.25, -0.2) is 0 Å². The first-order valence-corrected chi connectivity index (χ1v) is 19.5. The molecule has 0 aliphatic carbocycles. The molecule has 0 N–H and O–H groups in total. The lowest BCUT2D eigenvalue weighted by Crippen LogP contribution is -2.24. The number of fused-ring (bicyclic) bond motifs is 2. The fourth-order valence-electron chi connectivity index (χ4n) is 6.66. The van der Waals surface area contributed by atoms with Gasteiger partial charge in [0.15, 0.2) is 14.3 Å². The van der Waals surface area contributed by atoms with Crippen molar-refractivity contribution in [3.05, 3.63) is 194 Å². The smallest absolute Gasteiger partial charge is 0.171 e. The van der Waals surface area contributed by atoms with Gasteiger partial charge in [-0.2, -0.15) is 0 Å². The second-order valence-electron chi connectivity index (χ2n) is 12.1. The topological polar surface area (TPSA) is 34.1 Å². The zero-order valence-corrected chi connectivity index (χ0v) is 28.0. The minimum absolute atomic E-state index is 0.824. The molecule has 230 valence electrons. The summed E-state index contributed by atoms with van der Waals surface area (Å²) in [6.45, 7) is 0. The van der Waals surface area contributed by atoms with Crippen LogP contribution in [0.25, 0.3) is 32.7 Å². The van der Waals surface area contributed by atoms with Crippen LogP contribution in [-0.4, -0.2) is 0 Å². The quantitative estimate of drug-likeness (QED) is 0.161. The summed E-state index contributed by atoms with van der Waals surface area (Å²) in [5, 5.41) is 9.24. The predicted octanol–water partition coefficient (Wildman–Crippen LogP) is 8.94. The first-order valence-electron chi connectivity index (χ1n) is 16.1. The van der Waals surface area contributed by atoms with Crippen molar-refractivity contribution in [3.8, 4) is 11.1 Å². The SMILES string of the molecule is O=P(c1ccccc1)(c1ccccc1)c1ccc2cc(-c3ccc4cc(P(=O)(c5ccccc5)c5ccccc5)ccc4c3)ccc2c1. The Morgan fingerprint density at radius 1 is 0.250 bits per heavy atom. The van der Waals surface area contributed by atoms with Crippen LogP contribution in [0, 0.1) is 0 Å². The molecule has 8 aromatic rings. The highest BCUT2D eigenvalue weighted by atomic mass is 31.2. The van der Waals surface area contributed by atoms with Gasteiger partial charge in [-0.1, -0.05) is 170 Å². The molecular weight excluding hydrogens is 622 g/mol. The Balaban J connectivity index is 1.16. The summed E-state index contributed by atoms with van der Waals surface area (Å²) in [7, 11) is -6.11. The van der Waals surface area contributed by atoms with Crippen LogP contribution in [0.4, 0.5) is 0 Å². The van der Waals surface area contributed by atoms with Gasteiger partial charge in [0.2, 0.25) is 0 Å². The van der Waals surface area contributed by atoms with Crippen molar-refractivity contribution >= 4 is 67.7 Å². The molecule has 0 spiro atoms. The van der Waals surface area contributed by atoms with Gasteiger partial charge in [0, 0.05) is 31.8 Å². The zero-order chi connectivity index (χ0) is 32.6. The summed E-state index contributed by atoms with van der Waals surface area (Å²) >= 11 is 0. The van der Waals surface area contributed by atoms with Gasteiger partial charge in [0.25, 0.3) is 0 Å². The third-order valence-electron chi connectivity index (χ3n) is 9.19. The molecule has 0 aromatic heterocycles. The Morgan fingerprint density at radius 2 is 0.521 bits per heavy atom. The third kappa shape index (κ3) is 5.25. The first-order chi connectivity index (χ1) is 23.5. The highest BCUT2D eigenvalue weighted by Gasteiger charge is 2.31. The number of rotatable bonds is 7. The second kappa shape index (κ2) is 12.4. The summed E-state index contributed by atoms with van der Waals surface area (Å²) in [4.78, 5) is 0. The van der Waals surface area contributed by atoms with Crippen LogP contribution in [0.1, 0.15) is 0 Å². The molecule has 0 aliphatic rings. The van der Waals surface area contributed by atoms with E-state index in [0.29, 0.717) is 0 Å². The highest BCUT2D eigenvalue weighted by molar-refractivity contribution is 7.85. The lowest BCUT2D eigenvalue weighted by atomic mass is 9.99. The Hall–Kier alpha value is -5.26. The summed E-state index contributed by atoms with van der Waals surface area (Å²) in [6.07, 6.45) is 0. The summed E-state index contributed by atoms with van der Waals surface area (Å²) in [5.74, 6) is 0. The Labute approximate surface area is 281 Å². The van der Waals surface area contributed by atoms with Crippen molar-refractivity contribution in [2.45, 2.75) is 0 Å². The van der Waals surface area contributed by atoms with Gasteiger partial charge < -0.3 is 9.13 Å². The molecule has 0 radical (unpaired) electrons. The highest BCUT2D eigenvalue weighted by Crippen LogP contribution is 2.44. The van der Waals surface area contributed by atoms with E-state index in [9.17, 15) is 9.13 Å². The molecule has 0 bridgehead atoms. The lowest BCUT2D eigenvalue weighted by molar-refractivity contribution is 0.591. The molecular formula is C44H32O2P2. The fraction of sp³-hybridized carbons (Fsp3) is 0. The summed E-state index contributed by atoms with van der Waals surface area (Å²) < 4.78 is 29.8. The van der Waals surface area contributed by atoms with Gasteiger partial charge in [0.1, 0.15) is 0 Å².